The third-order valence-electron chi connectivity index (χ3n) is 1.40. The van der Waals surface area contributed by atoms with Crippen molar-refractivity contribution in [3.63, 3.8) is 0 Å². The molecule has 5 nitrogen and oxygen atoms in total. The summed E-state index contributed by atoms with van der Waals surface area (Å²) < 4.78 is 102. The molecule has 0 amide bonds. The number of rotatable bonds is 6. The lowest BCUT2D eigenvalue weighted by Crippen LogP contribution is -2.47. The van der Waals surface area contributed by atoms with Crippen molar-refractivity contribution in [2.75, 3.05) is 12.9 Å². The van der Waals surface area contributed by atoms with E-state index in [4.69, 9.17) is 0 Å². The highest BCUT2D eigenvalue weighted by molar-refractivity contribution is 7.86. The maximum absolute atomic E-state index is 12.9. The molecule has 0 radical (unpaired) electrons. The van der Waals surface area contributed by atoms with E-state index in [1.54, 1.807) is 0 Å². The summed E-state index contributed by atoms with van der Waals surface area (Å²) in [4.78, 5) is 0. The van der Waals surface area contributed by atoms with Gasteiger partial charge in [0.25, 0.3) is 10.1 Å². The van der Waals surface area contributed by atoms with Gasteiger partial charge in [0.15, 0.2) is 0 Å². The van der Waals surface area contributed by atoms with Gasteiger partial charge in [-0.05, 0) is 11.5 Å². The largest absolute Gasteiger partial charge is 0.548 e. The Morgan fingerprint density at radius 1 is 1.22 bits per heavy atom. The van der Waals surface area contributed by atoms with E-state index >= 15 is 0 Å². The highest BCUT2D eigenvalue weighted by atomic mass is 32.2. The summed E-state index contributed by atoms with van der Waals surface area (Å²) in [7, 11) is -8.36. The molecular weight excluding hydrogens is 310 g/mol. The van der Waals surface area contributed by atoms with E-state index in [1.165, 1.54) is 6.92 Å². The van der Waals surface area contributed by atoms with E-state index in [2.05, 4.69) is 8.71 Å². The van der Waals surface area contributed by atoms with Crippen LogP contribution in [0.15, 0.2) is 0 Å². The van der Waals surface area contributed by atoms with E-state index in [0.717, 1.165) is 0 Å². The van der Waals surface area contributed by atoms with Crippen LogP contribution in [-0.2, 0) is 23.4 Å². The highest BCUT2D eigenvalue weighted by Gasteiger charge is 2.72. The first-order valence-corrected chi connectivity index (χ1v) is 7.31. The zero-order valence-electron chi connectivity index (χ0n) is 9.07. The molecule has 0 rings (SSSR count). The Balaban J connectivity index is 5.41. The Hall–Kier alpha value is -0.380. The summed E-state index contributed by atoms with van der Waals surface area (Å²) in [5.41, 5.74) is 0. The standard InChI is InChI=1S/C6H9F5O5PS/c1-3-15-17(12)4(16-18(2,13)14)5(7,8)6(9,10)11/h4H,3H2,1-2H3/q+1. The van der Waals surface area contributed by atoms with Crippen LogP contribution in [-0.4, -0.2) is 39.2 Å². The Morgan fingerprint density at radius 3 is 1.94 bits per heavy atom. The predicted octanol–water partition coefficient (Wildman–Crippen LogP) is 2.27. The molecule has 0 N–H and O–H groups in total. The minimum absolute atomic E-state index is 0.252. The predicted molar refractivity (Wildman–Crippen MR) is 50.0 cm³/mol. The maximum atomic E-state index is 12.9. The van der Waals surface area contributed by atoms with E-state index in [-0.39, 0.29) is 6.26 Å². The van der Waals surface area contributed by atoms with Crippen LogP contribution in [0.5, 0.6) is 0 Å². The van der Waals surface area contributed by atoms with E-state index in [0.29, 0.717) is 0 Å². The zero-order chi connectivity index (χ0) is 14.8. The van der Waals surface area contributed by atoms with Crippen molar-refractivity contribution in [2.45, 2.75) is 24.9 Å². The molecule has 0 spiro atoms. The summed E-state index contributed by atoms with van der Waals surface area (Å²) in [5, 5.41) is 0. The topological polar surface area (TPSA) is 69.7 Å². The van der Waals surface area contributed by atoms with Gasteiger partial charge in [0.2, 0.25) is 0 Å². The van der Waals surface area contributed by atoms with Crippen molar-refractivity contribution in [2.24, 2.45) is 0 Å². The second-order valence-corrected chi connectivity index (χ2v) is 5.88. The van der Waals surface area contributed by atoms with Gasteiger partial charge in [-0.1, -0.05) is 0 Å². The fraction of sp³-hybridized carbons (Fsp3) is 1.00. The quantitative estimate of drug-likeness (QED) is 0.427. The molecule has 18 heavy (non-hydrogen) atoms. The third kappa shape index (κ3) is 4.71. The molecule has 0 aliphatic carbocycles. The van der Waals surface area contributed by atoms with Crippen LogP contribution in [0.2, 0.25) is 0 Å². The van der Waals surface area contributed by atoms with E-state index in [1.807, 2.05) is 0 Å². The Bertz CT molecular complexity index is 405. The number of alkyl halides is 5. The normalized spacial score (nSPS) is 16.5. The van der Waals surface area contributed by atoms with Crippen LogP contribution in [0, 0.1) is 0 Å². The first-order valence-electron chi connectivity index (χ1n) is 4.25. The first-order chi connectivity index (χ1) is 7.83. The molecular formula is C6H9F5O5PS+. The Labute approximate surface area is 100 Å². The van der Waals surface area contributed by atoms with Gasteiger partial charge in [-0.25, -0.2) is 4.18 Å². The minimum Gasteiger partial charge on any atom is -0.208 e. The average Bonchev–Trinajstić information content (AvgIpc) is 2.11. The molecule has 0 aromatic rings. The van der Waals surface area contributed by atoms with Crippen molar-refractivity contribution < 1.29 is 43.6 Å². The fourth-order valence-electron chi connectivity index (χ4n) is 0.728. The molecule has 2 atom stereocenters. The van der Waals surface area contributed by atoms with Crippen molar-refractivity contribution >= 4 is 18.1 Å². The second kappa shape index (κ2) is 5.72. The summed E-state index contributed by atoms with van der Waals surface area (Å²) in [6, 6.07) is 0. The zero-order valence-corrected chi connectivity index (χ0v) is 10.8. The van der Waals surface area contributed by atoms with Gasteiger partial charge in [0.05, 0.1) is 12.9 Å². The van der Waals surface area contributed by atoms with Gasteiger partial charge in [0.1, 0.15) is 0 Å². The van der Waals surface area contributed by atoms with Crippen molar-refractivity contribution in [1.82, 2.24) is 0 Å². The van der Waals surface area contributed by atoms with Crippen LogP contribution in [0.4, 0.5) is 22.0 Å². The van der Waals surface area contributed by atoms with Crippen LogP contribution in [0.3, 0.4) is 0 Å². The van der Waals surface area contributed by atoms with Gasteiger partial charge in [-0.2, -0.15) is 30.4 Å². The average molecular weight is 319 g/mol. The SMILES string of the molecule is CCO[P+](=O)C(OS(C)(=O)=O)C(F)(F)C(F)(F)F. The lowest BCUT2D eigenvalue weighted by atomic mass is 10.3. The summed E-state index contributed by atoms with van der Waals surface area (Å²) >= 11 is 0. The molecule has 0 heterocycles. The number of halogens is 5. The van der Waals surface area contributed by atoms with Crippen LogP contribution in [0.1, 0.15) is 6.92 Å². The highest BCUT2D eigenvalue weighted by Crippen LogP contribution is 2.49. The van der Waals surface area contributed by atoms with Crippen LogP contribution < -0.4 is 0 Å². The van der Waals surface area contributed by atoms with Gasteiger partial charge < -0.3 is 0 Å². The Morgan fingerprint density at radius 2 is 1.67 bits per heavy atom. The maximum Gasteiger partial charge on any atom is 0.548 e. The lowest BCUT2D eigenvalue weighted by Gasteiger charge is -2.20. The van der Waals surface area contributed by atoms with Gasteiger partial charge in [-0.3, -0.25) is 0 Å². The second-order valence-electron chi connectivity index (χ2n) is 2.98. The first kappa shape index (κ1) is 17.6. The van der Waals surface area contributed by atoms with E-state index in [9.17, 15) is 34.9 Å². The fourth-order valence-corrected chi connectivity index (χ4v) is 2.73. The van der Waals surface area contributed by atoms with Crippen molar-refractivity contribution in [3.8, 4) is 0 Å². The molecule has 0 aromatic carbocycles. The van der Waals surface area contributed by atoms with E-state index < -0.39 is 42.7 Å². The molecule has 0 fully saturated rings. The monoisotopic (exact) mass is 319 g/mol. The van der Waals surface area contributed by atoms with Crippen molar-refractivity contribution in [1.29, 1.82) is 0 Å². The van der Waals surface area contributed by atoms with Gasteiger partial charge in [0, 0.05) is 0 Å². The molecule has 108 valence electrons. The number of hydrogen-bond donors (Lipinski definition) is 0. The summed E-state index contributed by atoms with van der Waals surface area (Å²) in [5.74, 6) is -9.08. The minimum atomic E-state index is -6.12. The molecule has 0 saturated carbocycles. The third-order valence-corrected chi connectivity index (χ3v) is 3.41. The van der Waals surface area contributed by atoms with Gasteiger partial charge >= 0.3 is 26.0 Å². The summed E-state index contributed by atoms with van der Waals surface area (Å²) in [6.45, 7) is 0.725. The van der Waals surface area contributed by atoms with Crippen LogP contribution in [0.25, 0.3) is 0 Å². The smallest absolute Gasteiger partial charge is 0.208 e. The van der Waals surface area contributed by atoms with Crippen LogP contribution >= 0.6 is 8.03 Å². The number of hydrogen-bond acceptors (Lipinski definition) is 5. The molecule has 2 unspecified atom stereocenters. The molecule has 0 aliphatic rings. The van der Waals surface area contributed by atoms with Gasteiger partial charge in [-0.15, -0.1) is 4.52 Å². The Kier molecular flexibility index (Phi) is 5.60. The molecule has 0 aliphatic heterocycles. The molecule has 12 heteroatoms. The summed E-state index contributed by atoms with van der Waals surface area (Å²) in [6.07, 6.45) is -5.87. The molecule has 0 aromatic heterocycles. The lowest BCUT2D eigenvalue weighted by molar-refractivity contribution is -0.297. The molecule has 0 bridgehead atoms. The molecule has 0 saturated heterocycles. The van der Waals surface area contributed by atoms with Crippen molar-refractivity contribution in [3.05, 3.63) is 0 Å².